The van der Waals surface area contributed by atoms with E-state index in [1.165, 1.54) is 0 Å². The molecule has 0 aliphatic carbocycles. The first kappa shape index (κ1) is 17.2. The van der Waals surface area contributed by atoms with Gasteiger partial charge in [-0.05, 0) is 24.8 Å². The van der Waals surface area contributed by atoms with Crippen LogP contribution in [-0.4, -0.2) is 30.4 Å². The van der Waals surface area contributed by atoms with Crippen LogP contribution in [-0.2, 0) is 4.74 Å². The molecule has 0 spiro atoms. The van der Waals surface area contributed by atoms with Crippen LogP contribution in [0.1, 0.15) is 46.3 Å². The molecule has 1 aromatic carbocycles. The number of nitrogens with one attached hydrogen (secondary N) is 1. The summed E-state index contributed by atoms with van der Waals surface area (Å²) in [5.41, 5.74) is 1.33. The summed E-state index contributed by atoms with van der Waals surface area (Å²) in [7, 11) is 0. The molecule has 114 valence electrons. The van der Waals surface area contributed by atoms with E-state index in [9.17, 15) is 5.11 Å². The van der Waals surface area contributed by atoms with Crippen LogP contribution in [0.25, 0.3) is 0 Å². The van der Waals surface area contributed by atoms with E-state index in [0.717, 1.165) is 5.56 Å². The van der Waals surface area contributed by atoms with Crippen LogP contribution in [0.2, 0.25) is 0 Å². The van der Waals surface area contributed by atoms with Crippen LogP contribution < -0.4 is 5.32 Å². The van der Waals surface area contributed by atoms with Crippen molar-refractivity contribution >= 4 is 0 Å². The van der Waals surface area contributed by atoms with Gasteiger partial charge in [-0.2, -0.15) is 0 Å². The average molecular weight is 279 g/mol. The number of hydrogen-bond acceptors (Lipinski definition) is 3. The molecule has 1 rings (SSSR count). The third-order valence-corrected chi connectivity index (χ3v) is 3.77. The third kappa shape index (κ3) is 6.04. The summed E-state index contributed by atoms with van der Waals surface area (Å²) in [5, 5.41) is 13.3. The van der Waals surface area contributed by atoms with Crippen LogP contribution in [0.3, 0.4) is 0 Å². The van der Waals surface area contributed by atoms with Crippen molar-refractivity contribution in [2.24, 2.45) is 5.41 Å². The molecule has 2 N–H and O–H groups in total. The molecule has 3 nitrogen and oxygen atoms in total. The van der Waals surface area contributed by atoms with Gasteiger partial charge in [-0.3, -0.25) is 0 Å². The van der Waals surface area contributed by atoms with Crippen LogP contribution >= 0.6 is 0 Å². The second kappa shape index (κ2) is 7.77. The van der Waals surface area contributed by atoms with E-state index in [1.807, 2.05) is 37.3 Å². The van der Waals surface area contributed by atoms with Crippen LogP contribution in [0.5, 0.6) is 0 Å². The van der Waals surface area contributed by atoms with E-state index in [2.05, 4.69) is 33.0 Å². The van der Waals surface area contributed by atoms with Gasteiger partial charge in [-0.15, -0.1) is 0 Å². The molecule has 3 heteroatoms. The second-order valence-corrected chi connectivity index (χ2v) is 6.54. The minimum atomic E-state index is -0.481. The summed E-state index contributed by atoms with van der Waals surface area (Å²) >= 11 is 0. The molecule has 20 heavy (non-hydrogen) atoms. The number of rotatable bonds is 7. The van der Waals surface area contributed by atoms with Crippen molar-refractivity contribution in [3.63, 3.8) is 0 Å². The first-order valence-electron chi connectivity index (χ1n) is 7.38. The molecule has 0 amide bonds. The van der Waals surface area contributed by atoms with Crippen LogP contribution in [0.4, 0.5) is 0 Å². The largest absolute Gasteiger partial charge is 0.389 e. The number of aliphatic hydroxyl groups is 1. The molecular weight excluding hydrogens is 250 g/mol. The van der Waals surface area contributed by atoms with Crippen LogP contribution in [0, 0.1) is 5.41 Å². The molecule has 0 aromatic heterocycles. The van der Waals surface area contributed by atoms with Gasteiger partial charge >= 0.3 is 0 Å². The summed E-state index contributed by atoms with van der Waals surface area (Å²) in [6.45, 7) is 11.6. The predicted octanol–water partition coefficient (Wildman–Crippen LogP) is 3.15. The van der Waals surface area contributed by atoms with Crippen LogP contribution in [0.15, 0.2) is 30.3 Å². The van der Waals surface area contributed by atoms with Gasteiger partial charge in [0.15, 0.2) is 0 Å². The fourth-order valence-corrected chi connectivity index (χ4v) is 1.75. The summed E-state index contributed by atoms with van der Waals surface area (Å²) < 4.78 is 5.72. The molecule has 3 atom stereocenters. The van der Waals surface area contributed by atoms with Gasteiger partial charge in [0.05, 0.1) is 18.8 Å². The lowest BCUT2D eigenvalue weighted by Gasteiger charge is -2.29. The lowest BCUT2D eigenvalue weighted by molar-refractivity contribution is -0.00390. The average Bonchev–Trinajstić information content (AvgIpc) is 2.41. The highest BCUT2D eigenvalue weighted by Gasteiger charge is 2.20. The quantitative estimate of drug-likeness (QED) is 0.805. The second-order valence-electron chi connectivity index (χ2n) is 6.54. The van der Waals surface area contributed by atoms with E-state index >= 15 is 0 Å². The summed E-state index contributed by atoms with van der Waals surface area (Å²) in [6.07, 6.45) is -0.475. The molecule has 0 heterocycles. The maximum atomic E-state index is 9.97. The van der Waals surface area contributed by atoms with Crippen molar-refractivity contribution in [3.8, 4) is 0 Å². The van der Waals surface area contributed by atoms with Gasteiger partial charge in [0.2, 0.25) is 0 Å². The Balaban J connectivity index is 2.28. The number of hydrogen-bond donors (Lipinski definition) is 2. The van der Waals surface area contributed by atoms with Gasteiger partial charge < -0.3 is 15.2 Å². The lowest BCUT2D eigenvalue weighted by atomic mass is 9.88. The topological polar surface area (TPSA) is 41.5 Å². The Hall–Kier alpha value is -0.900. The zero-order valence-corrected chi connectivity index (χ0v) is 13.4. The SMILES string of the molecule is CC(OCC(O)CNC(C)C(C)(C)C)c1ccccc1. The highest BCUT2D eigenvalue weighted by Crippen LogP contribution is 2.18. The van der Waals surface area contributed by atoms with Crippen molar-refractivity contribution in [1.82, 2.24) is 5.32 Å². The van der Waals surface area contributed by atoms with Crippen molar-refractivity contribution in [2.75, 3.05) is 13.2 Å². The molecule has 0 saturated heterocycles. The Morgan fingerprint density at radius 1 is 1.15 bits per heavy atom. The minimum absolute atomic E-state index is 0.00545. The van der Waals surface area contributed by atoms with Crippen molar-refractivity contribution in [2.45, 2.75) is 52.9 Å². The summed E-state index contributed by atoms with van der Waals surface area (Å²) in [4.78, 5) is 0. The van der Waals surface area contributed by atoms with Gasteiger partial charge in [0.1, 0.15) is 0 Å². The zero-order chi connectivity index (χ0) is 15.2. The standard InChI is InChI=1S/C17H29NO2/c1-13(15-9-7-6-8-10-15)20-12-16(19)11-18-14(2)17(3,4)5/h6-10,13-14,16,18-19H,11-12H2,1-5H3. The molecule has 0 fully saturated rings. The first-order chi connectivity index (χ1) is 9.30. The van der Waals surface area contributed by atoms with E-state index < -0.39 is 6.10 Å². The molecule has 0 radical (unpaired) electrons. The lowest BCUT2D eigenvalue weighted by Crippen LogP contribution is -2.42. The van der Waals surface area contributed by atoms with Crippen molar-refractivity contribution in [3.05, 3.63) is 35.9 Å². The minimum Gasteiger partial charge on any atom is -0.389 e. The molecular formula is C17H29NO2. The number of benzene rings is 1. The predicted molar refractivity (Wildman–Crippen MR) is 83.7 cm³/mol. The fourth-order valence-electron chi connectivity index (χ4n) is 1.75. The van der Waals surface area contributed by atoms with E-state index in [-0.39, 0.29) is 11.5 Å². The molecule has 1 aromatic rings. The third-order valence-electron chi connectivity index (χ3n) is 3.77. The van der Waals surface area contributed by atoms with Crippen molar-refractivity contribution in [1.29, 1.82) is 0 Å². The molecule has 0 saturated carbocycles. The number of aliphatic hydroxyl groups excluding tert-OH is 1. The van der Waals surface area contributed by atoms with Gasteiger partial charge in [-0.25, -0.2) is 0 Å². The maximum absolute atomic E-state index is 9.97. The Bertz CT molecular complexity index is 372. The van der Waals surface area contributed by atoms with E-state index in [0.29, 0.717) is 19.2 Å². The normalized spacial score (nSPS) is 16.7. The van der Waals surface area contributed by atoms with E-state index in [1.54, 1.807) is 0 Å². The molecule has 0 aliphatic rings. The van der Waals surface area contributed by atoms with E-state index in [4.69, 9.17) is 4.74 Å². The van der Waals surface area contributed by atoms with Crippen molar-refractivity contribution < 1.29 is 9.84 Å². The van der Waals surface area contributed by atoms with Gasteiger partial charge in [0, 0.05) is 12.6 Å². The highest BCUT2D eigenvalue weighted by molar-refractivity contribution is 5.16. The number of ether oxygens (including phenoxy) is 1. The Morgan fingerprint density at radius 2 is 1.75 bits per heavy atom. The smallest absolute Gasteiger partial charge is 0.0898 e. The molecule has 3 unspecified atom stereocenters. The molecule has 0 aliphatic heterocycles. The fraction of sp³-hybridized carbons (Fsp3) is 0.647. The Labute approximate surface area is 123 Å². The summed E-state index contributed by atoms with van der Waals surface area (Å²) in [5.74, 6) is 0. The first-order valence-corrected chi connectivity index (χ1v) is 7.38. The summed E-state index contributed by atoms with van der Waals surface area (Å²) in [6, 6.07) is 10.4. The highest BCUT2D eigenvalue weighted by atomic mass is 16.5. The van der Waals surface area contributed by atoms with Gasteiger partial charge in [-0.1, -0.05) is 51.1 Å². The zero-order valence-electron chi connectivity index (χ0n) is 13.4. The monoisotopic (exact) mass is 279 g/mol. The maximum Gasteiger partial charge on any atom is 0.0898 e. The van der Waals surface area contributed by atoms with Gasteiger partial charge in [0.25, 0.3) is 0 Å². The molecule has 0 bridgehead atoms. The Morgan fingerprint density at radius 3 is 2.30 bits per heavy atom. The Kier molecular flexibility index (Phi) is 6.66.